The second-order valence-corrected chi connectivity index (χ2v) is 6.64. The van der Waals surface area contributed by atoms with Crippen molar-refractivity contribution in [3.63, 3.8) is 0 Å². The Kier molecular flexibility index (Phi) is 5.47. The fourth-order valence-electron chi connectivity index (χ4n) is 3.09. The SMILES string of the molecule is O=C(Nc1ccc2c(c1)OCCO2)c1ccc(NCc2ccccc2)c([N+](=O)[O-])c1. The van der Waals surface area contributed by atoms with Gasteiger partial charge in [0.15, 0.2) is 11.5 Å². The van der Waals surface area contributed by atoms with Crippen molar-refractivity contribution in [1.82, 2.24) is 0 Å². The van der Waals surface area contributed by atoms with E-state index in [1.54, 1.807) is 30.3 Å². The first-order chi connectivity index (χ1) is 14.6. The van der Waals surface area contributed by atoms with Gasteiger partial charge in [-0.25, -0.2) is 0 Å². The Morgan fingerprint density at radius 1 is 0.967 bits per heavy atom. The maximum absolute atomic E-state index is 12.6. The molecule has 8 heteroatoms. The van der Waals surface area contributed by atoms with Gasteiger partial charge in [-0.2, -0.15) is 0 Å². The van der Waals surface area contributed by atoms with E-state index in [2.05, 4.69) is 10.6 Å². The molecule has 1 amide bonds. The van der Waals surface area contributed by atoms with Crippen LogP contribution in [0.25, 0.3) is 0 Å². The first-order valence-electron chi connectivity index (χ1n) is 9.37. The Morgan fingerprint density at radius 2 is 1.73 bits per heavy atom. The second kappa shape index (κ2) is 8.52. The lowest BCUT2D eigenvalue weighted by molar-refractivity contribution is -0.384. The van der Waals surface area contributed by atoms with Gasteiger partial charge in [0.1, 0.15) is 18.9 Å². The van der Waals surface area contributed by atoms with E-state index >= 15 is 0 Å². The average molecular weight is 405 g/mol. The molecule has 30 heavy (non-hydrogen) atoms. The maximum atomic E-state index is 12.6. The van der Waals surface area contributed by atoms with Crippen LogP contribution >= 0.6 is 0 Å². The Balaban J connectivity index is 1.50. The normalized spacial score (nSPS) is 12.1. The number of nitro groups is 1. The highest BCUT2D eigenvalue weighted by Crippen LogP contribution is 2.33. The molecule has 0 aromatic heterocycles. The molecule has 1 aliphatic heterocycles. The third kappa shape index (κ3) is 4.33. The molecule has 0 aliphatic carbocycles. The molecule has 152 valence electrons. The number of fused-ring (bicyclic) bond motifs is 1. The summed E-state index contributed by atoms with van der Waals surface area (Å²) in [7, 11) is 0. The number of carbonyl (C=O) groups excluding carboxylic acids is 1. The minimum atomic E-state index is -0.506. The van der Waals surface area contributed by atoms with Crippen LogP contribution in [0.15, 0.2) is 66.7 Å². The first-order valence-corrected chi connectivity index (χ1v) is 9.37. The molecule has 0 spiro atoms. The summed E-state index contributed by atoms with van der Waals surface area (Å²) in [5, 5.41) is 17.3. The minimum Gasteiger partial charge on any atom is -0.486 e. The van der Waals surface area contributed by atoms with Crippen molar-refractivity contribution >= 4 is 23.0 Å². The molecular weight excluding hydrogens is 386 g/mol. The Bertz CT molecular complexity index is 1090. The van der Waals surface area contributed by atoms with E-state index in [1.165, 1.54) is 6.07 Å². The van der Waals surface area contributed by atoms with Crippen molar-refractivity contribution in [2.45, 2.75) is 6.54 Å². The lowest BCUT2D eigenvalue weighted by Crippen LogP contribution is -2.16. The number of benzene rings is 3. The summed E-state index contributed by atoms with van der Waals surface area (Å²) in [5.74, 6) is 0.707. The van der Waals surface area contributed by atoms with Crippen LogP contribution in [0.2, 0.25) is 0 Å². The van der Waals surface area contributed by atoms with E-state index in [0.717, 1.165) is 5.56 Å². The number of hydrogen-bond donors (Lipinski definition) is 2. The predicted octanol–water partition coefficient (Wildman–Crippen LogP) is 4.23. The van der Waals surface area contributed by atoms with Crippen molar-refractivity contribution < 1.29 is 19.2 Å². The smallest absolute Gasteiger partial charge is 0.293 e. The largest absolute Gasteiger partial charge is 0.486 e. The van der Waals surface area contributed by atoms with Gasteiger partial charge < -0.3 is 20.1 Å². The van der Waals surface area contributed by atoms with Gasteiger partial charge in [-0.05, 0) is 29.8 Å². The number of nitro benzene ring substituents is 1. The molecule has 0 fully saturated rings. The summed E-state index contributed by atoms with van der Waals surface area (Å²) < 4.78 is 11.0. The van der Waals surface area contributed by atoms with Gasteiger partial charge in [0.2, 0.25) is 0 Å². The number of ether oxygens (including phenoxy) is 2. The van der Waals surface area contributed by atoms with E-state index in [4.69, 9.17) is 9.47 Å². The van der Waals surface area contributed by atoms with Crippen molar-refractivity contribution in [2.75, 3.05) is 23.8 Å². The summed E-state index contributed by atoms with van der Waals surface area (Å²) in [5.41, 5.74) is 1.87. The standard InChI is InChI=1S/C22H19N3O5/c26-22(24-17-7-9-20-21(13-17)30-11-10-29-20)16-6-8-18(19(12-16)25(27)28)23-14-15-4-2-1-3-5-15/h1-9,12-13,23H,10-11,14H2,(H,24,26). The van der Waals surface area contributed by atoms with Crippen LogP contribution in [0.1, 0.15) is 15.9 Å². The fourth-order valence-corrected chi connectivity index (χ4v) is 3.09. The zero-order valence-electron chi connectivity index (χ0n) is 16.0. The quantitative estimate of drug-likeness (QED) is 0.470. The second-order valence-electron chi connectivity index (χ2n) is 6.64. The monoisotopic (exact) mass is 405 g/mol. The van der Waals surface area contributed by atoms with Gasteiger partial charge >= 0.3 is 0 Å². The van der Waals surface area contributed by atoms with Gasteiger partial charge in [-0.15, -0.1) is 0 Å². The highest BCUT2D eigenvalue weighted by molar-refractivity contribution is 6.05. The topological polar surface area (TPSA) is 103 Å². The molecule has 0 unspecified atom stereocenters. The zero-order valence-corrected chi connectivity index (χ0v) is 16.0. The molecule has 0 radical (unpaired) electrons. The molecule has 0 bridgehead atoms. The van der Waals surface area contributed by atoms with Gasteiger partial charge in [-0.3, -0.25) is 14.9 Å². The van der Waals surface area contributed by atoms with E-state index in [1.807, 2.05) is 30.3 Å². The number of nitrogens with zero attached hydrogens (tertiary/aromatic N) is 1. The number of rotatable bonds is 6. The number of carbonyl (C=O) groups is 1. The lowest BCUT2D eigenvalue weighted by atomic mass is 10.1. The summed E-state index contributed by atoms with van der Waals surface area (Å²) in [6.07, 6.45) is 0. The maximum Gasteiger partial charge on any atom is 0.293 e. The fraction of sp³-hybridized carbons (Fsp3) is 0.136. The van der Waals surface area contributed by atoms with Crippen LogP contribution < -0.4 is 20.1 Å². The molecule has 1 heterocycles. The average Bonchev–Trinajstić information content (AvgIpc) is 2.78. The number of nitrogens with one attached hydrogen (secondary N) is 2. The molecule has 2 N–H and O–H groups in total. The Hall–Kier alpha value is -4.07. The summed E-state index contributed by atoms with van der Waals surface area (Å²) >= 11 is 0. The zero-order chi connectivity index (χ0) is 20.9. The summed E-state index contributed by atoms with van der Waals surface area (Å²) in [6, 6.07) is 19.0. The van der Waals surface area contributed by atoms with Crippen LogP contribution in [0.5, 0.6) is 11.5 Å². The summed E-state index contributed by atoms with van der Waals surface area (Å²) in [4.78, 5) is 23.6. The van der Waals surface area contributed by atoms with Crippen molar-refractivity contribution in [3.05, 3.63) is 88.0 Å². The van der Waals surface area contributed by atoms with Crippen LogP contribution in [0.4, 0.5) is 17.1 Å². The third-order valence-electron chi connectivity index (χ3n) is 4.58. The lowest BCUT2D eigenvalue weighted by Gasteiger charge is -2.19. The molecule has 8 nitrogen and oxygen atoms in total. The minimum absolute atomic E-state index is 0.166. The van der Waals surface area contributed by atoms with Crippen LogP contribution in [0.3, 0.4) is 0 Å². The number of amides is 1. The van der Waals surface area contributed by atoms with Gasteiger partial charge in [0, 0.05) is 29.9 Å². The van der Waals surface area contributed by atoms with Crippen LogP contribution in [-0.2, 0) is 6.54 Å². The van der Waals surface area contributed by atoms with Crippen molar-refractivity contribution in [1.29, 1.82) is 0 Å². The first kappa shape index (κ1) is 19.3. The van der Waals surface area contributed by atoms with E-state index < -0.39 is 10.8 Å². The number of hydrogen-bond acceptors (Lipinski definition) is 6. The van der Waals surface area contributed by atoms with Gasteiger partial charge in [-0.1, -0.05) is 30.3 Å². The van der Waals surface area contributed by atoms with E-state index in [-0.39, 0.29) is 11.3 Å². The predicted molar refractivity (Wildman–Crippen MR) is 112 cm³/mol. The molecule has 0 atom stereocenters. The molecule has 0 saturated carbocycles. The summed E-state index contributed by atoms with van der Waals surface area (Å²) in [6.45, 7) is 1.35. The van der Waals surface area contributed by atoms with Gasteiger partial charge in [0.05, 0.1) is 4.92 Å². The van der Waals surface area contributed by atoms with E-state index in [9.17, 15) is 14.9 Å². The Morgan fingerprint density at radius 3 is 2.50 bits per heavy atom. The van der Waals surface area contributed by atoms with E-state index in [0.29, 0.717) is 42.6 Å². The number of anilines is 2. The molecule has 1 aliphatic rings. The van der Waals surface area contributed by atoms with Gasteiger partial charge in [0.25, 0.3) is 11.6 Å². The molecule has 0 saturated heterocycles. The highest BCUT2D eigenvalue weighted by atomic mass is 16.6. The van der Waals surface area contributed by atoms with Crippen molar-refractivity contribution in [2.24, 2.45) is 0 Å². The van der Waals surface area contributed by atoms with Crippen molar-refractivity contribution in [3.8, 4) is 11.5 Å². The molecule has 3 aromatic rings. The molecule has 4 rings (SSSR count). The van der Waals surface area contributed by atoms with Crippen LogP contribution in [-0.4, -0.2) is 24.0 Å². The molecule has 3 aromatic carbocycles. The Labute approximate surface area is 172 Å². The molecular formula is C22H19N3O5. The van der Waals surface area contributed by atoms with Crippen LogP contribution in [0, 0.1) is 10.1 Å². The third-order valence-corrected chi connectivity index (χ3v) is 4.58. The highest BCUT2D eigenvalue weighted by Gasteiger charge is 2.19.